The molecule has 228 valence electrons. The molecule has 1 atom stereocenters. The van der Waals surface area contributed by atoms with Crippen LogP contribution in [0.5, 0.6) is 11.5 Å². The minimum Gasteiger partial charge on any atom is -0.468 e. The number of nitrogens with one attached hydrogen (secondary N) is 1. The summed E-state index contributed by atoms with van der Waals surface area (Å²) in [5, 5.41) is 5.23. The van der Waals surface area contributed by atoms with E-state index in [2.05, 4.69) is 10.2 Å². The van der Waals surface area contributed by atoms with Gasteiger partial charge in [0.25, 0.3) is 0 Å². The zero-order chi connectivity index (χ0) is 30.6. The number of benzene rings is 2. The van der Waals surface area contributed by atoms with E-state index in [0.717, 1.165) is 5.56 Å². The first-order valence-corrected chi connectivity index (χ1v) is 14.2. The summed E-state index contributed by atoms with van der Waals surface area (Å²) < 4.78 is 21.2. The van der Waals surface area contributed by atoms with Crippen molar-refractivity contribution in [1.82, 2.24) is 20.2 Å². The molecule has 3 amide bonds. The smallest absolute Gasteiger partial charge is 0.341 e. The van der Waals surface area contributed by atoms with Crippen LogP contribution in [0.15, 0.2) is 59.8 Å². The van der Waals surface area contributed by atoms with Crippen molar-refractivity contribution in [2.24, 2.45) is 0 Å². The zero-order valence-electron chi connectivity index (χ0n) is 24.5. The van der Waals surface area contributed by atoms with E-state index in [1.165, 1.54) is 24.2 Å². The number of esters is 2. The fraction of sp³-hybridized carbons (Fsp3) is 0.419. The lowest BCUT2D eigenvalue weighted by Crippen LogP contribution is -2.56. The van der Waals surface area contributed by atoms with Crippen molar-refractivity contribution in [3.8, 4) is 11.5 Å². The summed E-state index contributed by atoms with van der Waals surface area (Å²) in [5.74, 6) is 0.164. The van der Waals surface area contributed by atoms with Gasteiger partial charge in [-0.25, -0.2) is 14.6 Å². The van der Waals surface area contributed by atoms with Gasteiger partial charge in [-0.1, -0.05) is 36.4 Å². The maximum atomic E-state index is 13.4. The molecule has 0 aliphatic carbocycles. The van der Waals surface area contributed by atoms with Crippen molar-refractivity contribution in [2.75, 3.05) is 47.2 Å². The lowest BCUT2D eigenvalue weighted by Gasteiger charge is -2.42. The first-order valence-electron chi connectivity index (χ1n) is 14.2. The average Bonchev–Trinajstić information content (AvgIpc) is 3.51. The van der Waals surface area contributed by atoms with Crippen LogP contribution in [0.25, 0.3) is 0 Å². The van der Waals surface area contributed by atoms with Crippen LogP contribution in [0.4, 0.5) is 4.79 Å². The number of hydrogen-bond donors (Lipinski definition) is 1. The molecule has 3 aliphatic heterocycles. The predicted molar refractivity (Wildman–Crippen MR) is 154 cm³/mol. The maximum absolute atomic E-state index is 13.4. The number of likely N-dealkylation sites (tertiary alicyclic amines) is 1. The molecule has 2 aromatic rings. The van der Waals surface area contributed by atoms with Crippen LogP contribution in [-0.2, 0) is 29.3 Å². The third-order valence-electron chi connectivity index (χ3n) is 8.41. The fourth-order valence-electron chi connectivity index (χ4n) is 6.15. The molecule has 5 rings (SSSR count). The number of urea groups is 1. The molecule has 2 aromatic carbocycles. The maximum Gasteiger partial charge on any atom is 0.341 e. The van der Waals surface area contributed by atoms with E-state index in [0.29, 0.717) is 68.1 Å². The average molecular weight is 593 g/mol. The largest absolute Gasteiger partial charge is 0.468 e. The van der Waals surface area contributed by atoms with Crippen LogP contribution < -0.4 is 14.8 Å². The first kappa shape index (κ1) is 29.9. The molecule has 3 heterocycles. The standard InChI is InChI=1S/C31H36N4O8/c1-21-26(28(37)40-2)27(22-10-11-24-25(18-22)43-20-42-24)35(30(39)32-21)34(19-36)15-7-14-33-16-12-31(13-17-33,29(38)41-3)23-8-5-4-6-9-23/h4-6,8-11,18-19,27H,7,12-17,20H2,1-3H3,(H,32,39). The van der Waals surface area contributed by atoms with Crippen molar-refractivity contribution in [3.05, 3.63) is 70.9 Å². The Morgan fingerprint density at radius 3 is 2.47 bits per heavy atom. The number of carbonyl (C=O) groups excluding carboxylic acids is 4. The SMILES string of the molecule is COC(=O)C1=C(C)NC(=O)N(N(C=O)CCCN2CCC(C(=O)OC)(c3ccccc3)CC2)C1c1ccc2c(c1)OCO2. The molecule has 12 heteroatoms. The summed E-state index contributed by atoms with van der Waals surface area (Å²) in [5.41, 5.74) is 1.34. The fourth-order valence-corrected chi connectivity index (χ4v) is 6.15. The normalized spacial score (nSPS) is 19.5. The van der Waals surface area contributed by atoms with Crippen LogP contribution in [0.3, 0.4) is 0 Å². The Labute approximate surface area is 250 Å². The van der Waals surface area contributed by atoms with E-state index in [-0.39, 0.29) is 24.9 Å². The Balaban J connectivity index is 1.31. The second kappa shape index (κ2) is 12.7. The van der Waals surface area contributed by atoms with Gasteiger partial charge in [-0.15, -0.1) is 0 Å². The van der Waals surface area contributed by atoms with Gasteiger partial charge in [0.05, 0.1) is 25.2 Å². The third-order valence-corrected chi connectivity index (χ3v) is 8.41. The molecule has 0 saturated carbocycles. The number of allylic oxidation sites excluding steroid dienone is 1. The summed E-state index contributed by atoms with van der Waals surface area (Å²) in [7, 11) is 2.69. The van der Waals surface area contributed by atoms with Crippen LogP contribution in [0, 0.1) is 0 Å². The molecule has 0 bridgehead atoms. The Hall–Kier alpha value is -4.58. The monoisotopic (exact) mass is 592 g/mol. The quantitative estimate of drug-likeness (QED) is 0.327. The third kappa shape index (κ3) is 5.74. The van der Waals surface area contributed by atoms with E-state index < -0.39 is 23.5 Å². The van der Waals surface area contributed by atoms with Crippen LogP contribution in [0.2, 0.25) is 0 Å². The van der Waals surface area contributed by atoms with Crippen molar-refractivity contribution in [1.29, 1.82) is 0 Å². The van der Waals surface area contributed by atoms with Gasteiger partial charge >= 0.3 is 18.0 Å². The number of piperidine rings is 1. The molecule has 43 heavy (non-hydrogen) atoms. The van der Waals surface area contributed by atoms with Crippen LogP contribution in [-0.4, -0.2) is 86.5 Å². The highest BCUT2D eigenvalue weighted by molar-refractivity contribution is 5.95. The number of rotatable bonds is 10. The molecule has 0 radical (unpaired) electrons. The molecule has 3 aliphatic rings. The Bertz CT molecular complexity index is 1400. The van der Waals surface area contributed by atoms with E-state index in [4.69, 9.17) is 18.9 Å². The lowest BCUT2D eigenvalue weighted by atomic mass is 9.72. The van der Waals surface area contributed by atoms with Gasteiger partial charge in [-0.3, -0.25) is 14.6 Å². The Kier molecular flexibility index (Phi) is 8.86. The number of ether oxygens (including phenoxy) is 4. The number of carbonyl (C=O) groups is 4. The van der Waals surface area contributed by atoms with Gasteiger partial charge in [0, 0.05) is 12.2 Å². The van der Waals surface area contributed by atoms with Gasteiger partial charge in [0.15, 0.2) is 11.5 Å². The van der Waals surface area contributed by atoms with Crippen molar-refractivity contribution >= 4 is 24.4 Å². The first-order chi connectivity index (χ1) is 20.8. The molecule has 1 fully saturated rings. The van der Waals surface area contributed by atoms with Gasteiger partial charge < -0.3 is 29.2 Å². The second-order valence-electron chi connectivity index (χ2n) is 10.7. The summed E-state index contributed by atoms with van der Waals surface area (Å²) in [6.07, 6.45) is 2.34. The Morgan fingerprint density at radius 1 is 1.07 bits per heavy atom. The molecule has 1 unspecified atom stereocenters. The van der Waals surface area contributed by atoms with E-state index >= 15 is 0 Å². The predicted octanol–water partition coefficient (Wildman–Crippen LogP) is 2.90. The van der Waals surface area contributed by atoms with Crippen molar-refractivity contribution < 1.29 is 38.1 Å². The summed E-state index contributed by atoms with van der Waals surface area (Å²) in [6.45, 7) is 3.87. The van der Waals surface area contributed by atoms with E-state index in [9.17, 15) is 19.2 Å². The Morgan fingerprint density at radius 2 is 1.79 bits per heavy atom. The van der Waals surface area contributed by atoms with Crippen LogP contribution in [0.1, 0.15) is 43.4 Å². The molecule has 0 spiro atoms. The highest BCUT2D eigenvalue weighted by Gasteiger charge is 2.44. The molecule has 1 N–H and O–H groups in total. The van der Waals surface area contributed by atoms with Gasteiger partial charge in [-0.2, -0.15) is 0 Å². The number of amides is 3. The topological polar surface area (TPSA) is 127 Å². The molecule has 0 aromatic heterocycles. The highest BCUT2D eigenvalue weighted by atomic mass is 16.7. The molecule has 1 saturated heterocycles. The lowest BCUT2D eigenvalue weighted by molar-refractivity contribution is -0.149. The second-order valence-corrected chi connectivity index (χ2v) is 10.7. The zero-order valence-corrected chi connectivity index (χ0v) is 24.5. The number of nitrogens with zero attached hydrogens (tertiary/aromatic N) is 3. The van der Waals surface area contributed by atoms with Crippen molar-refractivity contribution in [3.63, 3.8) is 0 Å². The molecular formula is C31H36N4O8. The van der Waals surface area contributed by atoms with Gasteiger partial charge in [0.1, 0.15) is 6.04 Å². The van der Waals surface area contributed by atoms with E-state index in [1.807, 2.05) is 30.3 Å². The summed E-state index contributed by atoms with van der Waals surface area (Å²) in [6, 6.07) is 13.4. The van der Waals surface area contributed by atoms with E-state index in [1.54, 1.807) is 25.1 Å². The number of methoxy groups -OCH3 is 2. The van der Waals surface area contributed by atoms with Gasteiger partial charge in [-0.05, 0) is 69.1 Å². The van der Waals surface area contributed by atoms with Gasteiger partial charge in [0.2, 0.25) is 13.2 Å². The number of hydrazine groups is 1. The minimum absolute atomic E-state index is 0.0649. The minimum atomic E-state index is -0.942. The summed E-state index contributed by atoms with van der Waals surface area (Å²) in [4.78, 5) is 53.9. The number of fused-ring (bicyclic) bond motifs is 1. The highest BCUT2D eigenvalue weighted by Crippen LogP contribution is 2.41. The van der Waals surface area contributed by atoms with Crippen LogP contribution >= 0.6 is 0 Å². The van der Waals surface area contributed by atoms with Crippen molar-refractivity contribution in [2.45, 2.75) is 37.6 Å². The molecular weight excluding hydrogens is 556 g/mol. The summed E-state index contributed by atoms with van der Waals surface area (Å²) >= 11 is 0. The number of hydrogen-bond acceptors (Lipinski definition) is 9. The molecule has 12 nitrogen and oxygen atoms in total.